The molecule has 3 aromatic rings. The van der Waals surface area contributed by atoms with Gasteiger partial charge in [-0.05, 0) is 47.0 Å². The van der Waals surface area contributed by atoms with E-state index in [2.05, 4.69) is 46.4 Å². The van der Waals surface area contributed by atoms with Gasteiger partial charge in [0.15, 0.2) is 0 Å². The number of carbonyl (C=O) groups is 1. The number of amides is 1. The number of hydrogen-bond acceptors (Lipinski definition) is 5. The summed E-state index contributed by atoms with van der Waals surface area (Å²) in [6.45, 7) is 5.13. The predicted molar refractivity (Wildman–Crippen MR) is 130 cm³/mol. The first-order valence-electron chi connectivity index (χ1n) is 11.4. The predicted octanol–water partition coefficient (Wildman–Crippen LogP) is 4.50. The molecule has 1 fully saturated rings. The number of anilines is 1. The Kier molecular flexibility index (Phi) is 6.03. The molecule has 1 saturated heterocycles. The summed E-state index contributed by atoms with van der Waals surface area (Å²) in [5, 5.41) is 13.0. The smallest absolute Gasteiger partial charge is 0.411 e. The van der Waals surface area contributed by atoms with Crippen LogP contribution in [0.3, 0.4) is 0 Å². The second-order valence-corrected chi connectivity index (χ2v) is 8.88. The number of fused-ring (bicyclic) bond motifs is 3. The highest BCUT2D eigenvalue weighted by molar-refractivity contribution is 5.87. The topological polar surface area (TPSA) is 65.0 Å². The fraction of sp³-hybridized carbons (Fsp3) is 0.296. The van der Waals surface area contributed by atoms with Gasteiger partial charge < -0.3 is 14.7 Å². The molecule has 3 aromatic carbocycles. The van der Waals surface area contributed by atoms with Crippen molar-refractivity contribution in [3.8, 4) is 16.9 Å². The molecule has 0 atom stereocenters. The molecule has 2 aliphatic rings. The molecule has 5 rings (SSSR count). The number of aromatic hydroxyl groups is 1. The molecule has 1 aliphatic carbocycles. The van der Waals surface area contributed by atoms with Crippen LogP contribution in [-0.4, -0.2) is 60.8 Å². The van der Waals surface area contributed by atoms with Crippen LogP contribution in [0.25, 0.3) is 11.1 Å². The van der Waals surface area contributed by atoms with Crippen LogP contribution in [0.1, 0.15) is 22.6 Å². The van der Waals surface area contributed by atoms with Crippen LogP contribution >= 0.6 is 0 Å². The van der Waals surface area contributed by atoms with Crippen LogP contribution in [-0.2, 0) is 11.3 Å². The molecule has 0 spiro atoms. The Morgan fingerprint density at radius 2 is 1.61 bits per heavy atom. The van der Waals surface area contributed by atoms with E-state index in [1.807, 2.05) is 36.4 Å². The number of phenolic OH excluding ortho intramolecular Hbond substituents is 1. The van der Waals surface area contributed by atoms with Gasteiger partial charge in [0.25, 0.3) is 0 Å². The van der Waals surface area contributed by atoms with Gasteiger partial charge in [-0.15, -0.1) is 0 Å². The number of likely N-dealkylation sites (N-methyl/N-ethyl adjacent to an activating group) is 1. The third kappa shape index (κ3) is 4.58. The van der Waals surface area contributed by atoms with E-state index in [1.54, 1.807) is 6.07 Å². The van der Waals surface area contributed by atoms with Crippen LogP contribution in [0.15, 0.2) is 66.7 Å². The maximum absolute atomic E-state index is 12.6. The van der Waals surface area contributed by atoms with E-state index in [0.717, 1.165) is 38.3 Å². The number of hydrogen-bond donors (Lipinski definition) is 2. The van der Waals surface area contributed by atoms with Crippen LogP contribution in [0.5, 0.6) is 5.75 Å². The fourth-order valence-corrected chi connectivity index (χ4v) is 4.79. The number of carbonyl (C=O) groups excluding carboxylic acids is 1. The van der Waals surface area contributed by atoms with Crippen molar-refractivity contribution in [1.82, 2.24) is 9.80 Å². The van der Waals surface area contributed by atoms with Gasteiger partial charge in [-0.2, -0.15) is 0 Å². The molecule has 0 saturated carbocycles. The van der Waals surface area contributed by atoms with Gasteiger partial charge in [0, 0.05) is 38.6 Å². The lowest BCUT2D eigenvalue weighted by atomic mass is 9.98. The zero-order valence-corrected chi connectivity index (χ0v) is 18.8. The van der Waals surface area contributed by atoms with Gasteiger partial charge in [-0.25, -0.2) is 4.79 Å². The Balaban J connectivity index is 1.24. The summed E-state index contributed by atoms with van der Waals surface area (Å²) in [7, 11) is 2.13. The lowest BCUT2D eigenvalue weighted by Gasteiger charge is -2.32. The van der Waals surface area contributed by atoms with E-state index < -0.39 is 6.09 Å². The van der Waals surface area contributed by atoms with Crippen molar-refractivity contribution in [2.45, 2.75) is 12.5 Å². The average Bonchev–Trinajstić information content (AvgIpc) is 3.15. The Bertz CT molecular complexity index is 1110. The molecular formula is C27H29N3O3. The molecule has 1 heterocycles. The number of nitrogens with one attached hydrogen (secondary N) is 1. The zero-order chi connectivity index (χ0) is 22.8. The highest BCUT2D eigenvalue weighted by Crippen LogP contribution is 2.44. The quantitative estimate of drug-likeness (QED) is 0.569. The van der Waals surface area contributed by atoms with Gasteiger partial charge >= 0.3 is 6.09 Å². The van der Waals surface area contributed by atoms with Crippen molar-refractivity contribution in [3.05, 3.63) is 83.4 Å². The number of piperazine rings is 1. The monoisotopic (exact) mass is 443 g/mol. The van der Waals surface area contributed by atoms with Crippen molar-refractivity contribution in [3.63, 3.8) is 0 Å². The van der Waals surface area contributed by atoms with Crippen molar-refractivity contribution in [2.75, 3.05) is 45.2 Å². The fourth-order valence-electron chi connectivity index (χ4n) is 4.79. The molecule has 1 amide bonds. The summed E-state index contributed by atoms with van der Waals surface area (Å²) in [6.07, 6.45) is -0.566. The summed E-state index contributed by atoms with van der Waals surface area (Å²) in [6, 6.07) is 21.9. The minimum absolute atomic E-state index is 0.000291. The summed E-state index contributed by atoms with van der Waals surface area (Å²) < 4.78 is 5.62. The van der Waals surface area contributed by atoms with Crippen LogP contribution in [0.2, 0.25) is 0 Å². The van der Waals surface area contributed by atoms with E-state index in [4.69, 9.17) is 4.74 Å². The third-order valence-electron chi connectivity index (χ3n) is 6.64. The van der Waals surface area contributed by atoms with E-state index in [-0.39, 0.29) is 18.3 Å². The van der Waals surface area contributed by atoms with Gasteiger partial charge in [0.1, 0.15) is 12.4 Å². The normalized spacial score (nSPS) is 16.3. The molecule has 0 radical (unpaired) electrons. The zero-order valence-electron chi connectivity index (χ0n) is 18.8. The number of nitrogens with zero attached hydrogens (tertiary/aromatic N) is 2. The average molecular weight is 444 g/mol. The second-order valence-electron chi connectivity index (χ2n) is 8.88. The van der Waals surface area contributed by atoms with Gasteiger partial charge in [0.2, 0.25) is 0 Å². The van der Waals surface area contributed by atoms with Crippen LogP contribution in [0.4, 0.5) is 10.5 Å². The molecule has 33 heavy (non-hydrogen) atoms. The molecular weight excluding hydrogens is 414 g/mol. The molecule has 0 aromatic heterocycles. The summed E-state index contributed by atoms with van der Waals surface area (Å²) in [5.74, 6) is 0.0333. The largest absolute Gasteiger partial charge is 0.506 e. The molecule has 6 heteroatoms. The summed E-state index contributed by atoms with van der Waals surface area (Å²) in [4.78, 5) is 17.3. The molecule has 6 nitrogen and oxygen atoms in total. The maximum atomic E-state index is 12.6. The van der Waals surface area contributed by atoms with E-state index in [1.165, 1.54) is 22.3 Å². The first-order chi connectivity index (χ1) is 16.1. The van der Waals surface area contributed by atoms with Gasteiger partial charge in [-0.3, -0.25) is 10.2 Å². The summed E-state index contributed by atoms with van der Waals surface area (Å²) >= 11 is 0. The highest BCUT2D eigenvalue weighted by atomic mass is 16.5. The molecule has 170 valence electrons. The van der Waals surface area contributed by atoms with Crippen molar-refractivity contribution >= 4 is 11.8 Å². The molecule has 1 aliphatic heterocycles. The lowest BCUT2D eigenvalue weighted by molar-refractivity contribution is 0.148. The van der Waals surface area contributed by atoms with Gasteiger partial charge in [0.05, 0.1) is 5.69 Å². The van der Waals surface area contributed by atoms with Crippen LogP contribution in [0, 0.1) is 0 Å². The standard InChI is InChI=1S/C27H29N3O3/c1-29-12-14-30(15-13-29)17-19-10-11-26(31)25(16-19)28-27(32)33-18-24-22-8-4-2-6-20(22)21-7-3-5-9-23(21)24/h2-11,16,24,31H,12-15,17-18H2,1H3,(H,28,32). The number of ether oxygens (including phenoxy) is 1. The van der Waals surface area contributed by atoms with E-state index in [9.17, 15) is 9.90 Å². The number of phenols is 1. The Morgan fingerprint density at radius 1 is 0.970 bits per heavy atom. The second kappa shape index (κ2) is 9.25. The Morgan fingerprint density at radius 3 is 2.27 bits per heavy atom. The molecule has 0 unspecified atom stereocenters. The molecule has 0 bridgehead atoms. The Labute approximate surface area is 194 Å². The highest BCUT2D eigenvalue weighted by Gasteiger charge is 2.29. The Hall–Kier alpha value is -3.35. The minimum Gasteiger partial charge on any atom is -0.506 e. The number of benzene rings is 3. The number of rotatable bonds is 5. The minimum atomic E-state index is -0.566. The lowest BCUT2D eigenvalue weighted by Crippen LogP contribution is -2.43. The molecule has 2 N–H and O–H groups in total. The van der Waals surface area contributed by atoms with E-state index in [0.29, 0.717) is 5.69 Å². The summed E-state index contributed by atoms with van der Waals surface area (Å²) in [5.41, 5.74) is 6.14. The maximum Gasteiger partial charge on any atom is 0.411 e. The van der Waals surface area contributed by atoms with Crippen molar-refractivity contribution in [2.24, 2.45) is 0 Å². The first-order valence-corrected chi connectivity index (χ1v) is 11.4. The van der Waals surface area contributed by atoms with Crippen LogP contribution < -0.4 is 5.32 Å². The third-order valence-corrected chi connectivity index (χ3v) is 6.64. The van der Waals surface area contributed by atoms with Crippen molar-refractivity contribution in [1.29, 1.82) is 0 Å². The SMILES string of the molecule is CN1CCN(Cc2ccc(O)c(NC(=O)OCC3c4ccccc4-c4ccccc43)c2)CC1. The van der Waals surface area contributed by atoms with Gasteiger partial charge in [-0.1, -0.05) is 54.6 Å². The first kappa shape index (κ1) is 21.5. The van der Waals surface area contributed by atoms with E-state index >= 15 is 0 Å². The van der Waals surface area contributed by atoms with Crippen molar-refractivity contribution < 1.29 is 14.6 Å².